The second kappa shape index (κ2) is 11.1. The van der Waals surface area contributed by atoms with Crippen LogP contribution in [0.5, 0.6) is 0 Å². The molecular weight excluding hydrogens is 507 g/mol. The SMILES string of the molecule is C[C@@H]1C[C@H](N)CN(c2ccncc2NC(=O)c2ccc(F)c(-c3cc(C(=O)N4CCCC4)ccc3F)c2F)C1. The molecule has 2 aliphatic rings. The van der Waals surface area contributed by atoms with E-state index >= 15 is 4.39 Å². The molecule has 0 saturated carbocycles. The van der Waals surface area contributed by atoms with Crippen molar-refractivity contribution < 1.29 is 22.8 Å². The zero-order valence-electron chi connectivity index (χ0n) is 21.6. The first-order chi connectivity index (χ1) is 18.7. The molecular formula is C29H30F3N5O2. The maximum absolute atomic E-state index is 15.7. The molecule has 3 heterocycles. The summed E-state index contributed by atoms with van der Waals surface area (Å²) in [5.41, 5.74) is 5.73. The molecule has 5 rings (SSSR count). The summed E-state index contributed by atoms with van der Waals surface area (Å²) in [6.45, 7) is 4.54. The summed E-state index contributed by atoms with van der Waals surface area (Å²) in [7, 11) is 0. The van der Waals surface area contributed by atoms with Crippen LogP contribution in [-0.2, 0) is 0 Å². The predicted molar refractivity (Wildman–Crippen MR) is 143 cm³/mol. The number of nitrogens with two attached hydrogens (primary N) is 1. The van der Waals surface area contributed by atoms with Crippen molar-refractivity contribution >= 4 is 23.2 Å². The summed E-state index contributed by atoms with van der Waals surface area (Å²) in [6, 6.07) is 7.07. The van der Waals surface area contributed by atoms with E-state index in [4.69, 9.17) is 5.73 Å². The fourth-order valence-electron chi connectivity index (χ4n) is 5.47. The molecule has 2 atom stereocenters. The Morgan fingerprint density at radius 2 is 1.77 bits per heavy atom. The van der Waals surface area contributed by atoms with Gasteiger partial charge in [0.15, 0.2) is 0 Å². The van der Waals surface area contributed by atoms with Gasteiger partial charge in [-0.3, -0.25) is 14.6 Å². The Hall–Kier alpha value is -3.92. The average Bonchev–Trinajstić information content (AvgIpc) is 3.44. The van der Waals surface area contributed by atoms with E-state index in [-0.39, 0.29) is 17.5 Å². The Kier molecular flexibility index (Phi) is 7.56. The minimum Gasteiger partial charge on any atom is -0.368 e. The zero-order valence-corrected chi connectivity index (χ0v) is 21.6. The Labute approximate surface area is 224 Å². The Balaban J connectivity index is 1.46. The predicted octanol–water partition coefficient (Wildman–Crippen LogP) is 4.83. The molecule has 0 bridgehead atoms. The van der Waals surface area contributed by atoms with Crippen molar-refractivity contribution in [2.24, 2.45) is 11.7 Å². The second-order valence-electron chi connectivity index (χ2n) is 10.3. The van der Waals surface area contributed by atoms with Gasteiger partial charge in [-0.15, -0.1) is 0 Å². The third-order valence-corrected chi connectivity index (χ3v) is 7.29. The van der Waals surface area contributed by atoms with Crippen LogP contribution < -0.4 is 16.0 Å². The third kappa shape index (κ3) is 5.47. The number of pyridine rings is 1. The number of anilines is 2. The summed E-state index contributed by atoms with van der Waals surface area (Å²) in [6.07, 6.45) is 5.65. The van der Waals surface area contributed by atoms with Crippen molar-refractivity contribution in [2.75, 3.05) is 36.4 Å². The monoisotopic (exact) mass is 537 g/mol. The van der Waals surface area contributed by atoms with Gasteiger partial charge < -0.3 is 20.9 Å². The van der Waals surface area contributed by atoms with Crippen LogP contribution >= 0.6 is 0 Å². The highest BCUT2D eigenvalue weighted by molar-refractivity contribution is 6.07. The molecule has 2 amide bonds. The maximum atomic E-state index is 15.7. The van der Waals surface area contributed by atoms with E-state index in [9.17, 15) is 18.4 Å². The van der Waals surface area contributed by atoms with Crippen molar-refractivity contribution in [3.8, 4) is 11.1 Å². The van der Waals surface area contributed by atoms with Gasteiger partial charge in [-0.1, -0.05) is 6.92 Å². The first-order valence-corrected chi connectivity index (χ1v) is 13.1. The van der Waals surface area contributed by atoms with Gasteiger partial charge in [-0.25, -0.2) is 13.2 Å². The van der Waals surface area contributed by atoms with Crippen molar-refractivity contribution in [2.45, 2.75) is 32.2 Å². The number of hydrogen-bond donors (Lipinski definition) is 2. The van der Waals surface area contributed by atoms with E-state index in [2.05, 4.69) is 17.2 Å². The number of rotatable bonds is 5. The van der Waals surface area contributed by atoms with Crippen molar-refractivity contribution in [3.05, 3.63) is 77.4 Å². The Morgan fingerprint density at radius 1 is 1.03 bits per heavy atom. The summed E-state index contributed by atoms with van der Waals surface area (Å²) >= 11 is 0. The van der Waals surface area contributed by atoms with Crippen molar-refractivity contribution in [1.82, 2.24) is 9.88 Å². The van der Waals surface area contributed by atoms with Gasteiger partial charge in [0.05, 0.1) is 28.7 Å². The molecule has 2 saturated heterocycles. The number of halogens is 3. The molecule has 0 aliphatic carbocycles. The minimum absolute atomic E-state index is 0.0365. The van der Waals surface area contributed by atoms with Crippen LogP contribution in [0.4, 0.5) is 24.5 Å². The number of amides is 2. The first-order valence-electron chi connectivity index (χ1n) is 13.1. The van der Waals surface area contributed by atoms with Crippen LogP contribution in [0, 0.1) is 23.4 Å². The molecule has 3 N–H and O–H groups in total. The summed E-state index contributed by atoms with van der Waals surface area (Å²) in [5, 5.41) is 2.67. The van der Waals surface area contributed by atoms with Crippen LogP contribution in [0.25, 0.3) is 11.1 Å². The number of hydrogen-bond acceptors (Lipinski definition) is 5. The summed E-state index contributed by atoms with van der Waals surface area (Å²) in [4.78, 5) is 33.8. The topological polar surface area (TPSA) is 91.6 Å². The van der Waals surface area contributed by atoms with Crippen LogP contribution in [0.1, 0.15) is 46.9 Å². The number of benzene rings is 2. The normalized spacial score (nSPS) is 19.3. The molecule has 39 heavy (non-hydrogen) atoms. The standard InChI is InChI=1S/C29H30F3N5O2/c1-17-12-19(33)16-37(15-17)25-8-9-34-14-24(25)35-28(38)20-5-7-23(31)26(27(20)32)21-13-18(4-6-22(21)30)29(39)36-10-2-3-11-36/h4-9,13-14,17,19H,2-3,10-12,15-16,33H2,1H3,(H,35,38)/t17-,19+/m1/s1. The molecule has 2 aromatic carbocycles. The van der Waals surface area contributed by atoms with E-state index in [1.807, 2.05) is 4.90 Å². The molecule has 0 spiro atoms. The van der Waals surface area contributed by atoms with Crippen molar-refractivity contribution in [3.63, 3.8) is 0 Å². The lowest BCUT2D eigenvalue weighted by Crippen LogP contribution is -2.46. The molecule has 0 unspecified atom stereocenters. The molecule has 3 aromatic rings. The number of aromatic nitrogens is 1. The van der Waals surface area contributed by atoms with Crippen LogP contribution in [0.15, 0.2) is 48.8 Å². The number of nitrogens with zero attached hydrogens (tertiary/aromatic N) is 3. The van der Waals surface area contributed by atoms with E-state index in [0.29, 0.717) is 36.9 Å². The summed E-state index contributed by atoms with van der Waals surface area (Å²) in [5.74, 6) is -4.02. The highest BCUT2D eigenvalue weighted by Gasteiger charge is 2.27. The van der Waals surface area contributed by atoms with Gasteiger partial charge >= 0.3 is 0 Å². The molecule has 0 radical (unpaired) electrons. The average molecular weight is 538 g/mol. The van der Waals surface area contributed by atoms with E-state index < -0.39 is 40.0 Å². The van der Waals surface area contributed by atoms with Gasteiger partial charge in [0.1, 0.15) is 17.5 Å². The van der Waals surface area contributed by atoms with Gasteiger partial charge in [0, 0.05) is 49.5 Å². The lowest BCUT2D eigenvalue weighted by Gasteiger charge is -2.37. The lowest BCUT2D eigenvalue weighted by atomic mass is 9.96. The molecule has 2 aliphatic heterocycles. The fourth-order valence-corrected chi connectivity index (χ4v) is 5.47. The van der Waals surface area contributed by atoms with Gasteiger partial charge in [-0.2, -0.15) is 0 Å². The van der Waals surface area contributed by atoms with Crippen LogP contribution in [0.3, 0.4) is 0 Å². The number of nitrogens with one attached hydrogen (secondary N) is 1. The third-order valence-electron chi connectivity index (χ3n) is 7.29. The van der Waals surface area contributed by atoms with E-state index in [1.54, 1.807) is 17.2 Å². The molecule has 10 heteroatoms. The molecule has 204 valence electrons. The number of likely N-dealkylation sites (tertiary alicyclic amines) is 1. The maximum Gasteiger partial charge on any atom is 0.258 e. The first kappa shape index (κ1) is 26.7. The fraction of sp³-hybridized carbons (Fsp3) is 0.345. The lowest BCUT2D eigenvalue weighted by molar-refractivity contribution is 0.0792. The smallest absolute Gasteiger partial charge is 0.258 e. The molecule has 1 aromatic heterocycles. The largest absolute Gasteiger partial charge is 0.368 e. The number of carbonyl (C=O) groups excluding carboxylic acids is 2. The highest BCUT2D eigenvalue weighted by atomic mass is 19.1. The second-order valence-corrected chi connectivity index (χ2v) is 10.3. The van der Waals surface area contributed by atoms with Gasteiger partial charge in [0.2, 0.25) is 0 Å². The summed E-state index contributed by atoms with van der Waals surface area (Å²) < 4.78 is 45.6. The number of piperidine rings is 1. The molecule has 7 nitrogen and oxygen atoms in total. The highest BCUT2D eigenvalue weighted by Crippen LogP contribution is 2.33. The number of carbonyl (C=O) groups is 2. The van der Waals surface area contributed by atoms with E-state index in [1.165, 1.54) is 12.3 Å². The molecule has 2 fully saturated rings. The van der Waals surface area contributed by atoms with E-state index in [0.717, 1.165) is 50.1 Å². The Bertz CT molecular complexity index is 1400. The van der Waals surface area contributed by atoms with Gasteiger partial charge in [0.25, 0.3) is 11.8 Å². The van der Waals surface area contributed by atoms with Crippen LogP contribution in [-0.4, -0.2) is 53.9 Å². The quantitative estimate of drug-likeness (QED) is 0.487. The van der Waals surface area contributed by atoms with Crippen LogP contribution in [0.2, 0.25) is 0 Å². The van der Waals surface area contributed by atoms with Gasteiger partial charge in [-0.05, 0) is 61.6 Å². The minimum atomic E-state index is -1.23. The Morgan fingerprint density at radius 3 is 2.51 bits per heavy atom. The van der Waals surface area contributed by atoms with Crippen molar-refractivity contribution in [1.29, 1.82) is 0 Å². The zero-order chi connectivity index (χ0) is 27.7.